The first-order valence-corrected chi connectivity index (χ1v) is 13.7. The van der Waals surface area contributed by atoms with Crippen LogP contribution in [0.15, 0.2) is 53.3 Å². The van der Waals surface area contributed by atoms with Crippen LogP contribution in [-0.2, 0) is 23.0 Å². The summed E-state index contributed by atoms with van der Waals surface area (Å²) < 4.78 is 48.9. The van der Waals surface area contributed by atoms with E-state index in [9.17, 15) is 13.2 Å². The summed E-state index contributed by atoms with van der Waals surface area (Å²) in [5.74, 6) is -0.312. The standard InChI is InChI=1S/C24H22Cl3FN4O4S/c1-36-22-8-7-17(10-20(22)27)37(34,35)31-24(33)29-12-21(28)18-4-2-3-14-11-30-32(23(14)18)13-15-5-6-16(25)9-19(15)26/h5-11H,2-4,12-13H2,1H3,(H2,29,31,33). The SMILES string of the molecule is COc1ccc(S(=O)(=O)NC(=O)NCC(F)=C2CCCc3cnn(Cc4ccc(Cl)cc4Cl)c32)cc1Cl. The molecule has 0 atom stereocenters. The molecule has 8 nitrogen and oxygen atoms in total. The molecule has 13 heteroatoms. The average Bonchev–Trinajstić information content (AvgIpc) is 3.27. The molecule has 0 aliphatic heterocycles. The molecule has 1 aromatic heterocycles. The molecule has 0 unspecified atom stereocenters. The zero-order chi connectivity index (χ0) is 26.7. The van der Waals surface area contributed by atoms with E-state index >= 15 is 4.39 Å². The molecule has 2 N–H and O–H groups in total. The number of rotatable bonds is 7. The fourth-order valence-electron chi connectivity index (χ4n) is 4.02. The molecule has 1 heterocycles. The Bertz CT molecular complexity index is 1490. The lowest BCUT2D eigenvalue weighted by Gasteiger charge is -2.19. The molecule has 2 aromatic carbocycles. The van der Waals surface area contributed by atoms with E-state index in [4.69, 9.17) is 39.5 Å². The predicted octanol–water partition coefficient (Wildman–Crippen LogP) is 5.61. The molecule has 3 aromatic rings. The van der Waals surface area contributed by atoms with Crippen molar-refractivity contribution in [2.45, 2.75) is 30.7 Å². The van der Waals surface area contributed by atoms with Crippen LogP contribution in [0.4, 0.5) is 9.18 Å². The fourth-order valence-corrected chi connectivity index (χ4v) is 5.77. The van der Waals surface area contributed by atoms with Gasteiger partial charge in [0.15, 0.2) is 0 Å². The van der Waals surface area contributed by atoms with Crippen LogP contribution in [0.5, 0.6) is 5.75 Å². The van der Waals surface area contributed by atoms with E-state index in [1.54, 1.807) is 29.1 Å². The summed E-state index contributed by atoms with van der Waals surface area (Å²) in [5, 5.41) is 7.71. The molecular weight excluding hydrogens is 566 g/mol. The molecule has 37 heavy (non-hydrogen) atoms. The van der Waals surface area contributed by atoms with Crippen LogP contribution in [0, 0.1) is 0 Å². The van der Waals surface area contributed by atoms with Crippen molar-refractivity contribution >= 4 is 56.4 Å². The van der Waals surface area contributed by atoms with Gasteiger partial charge in [-0.2, -0.15) is 5.10 Å². The third-order valence-electron chi connectivity index (χ3n) is 5.80. The summed E-state index contributed by atoms with van der Waals surface area (Å²) >= 11 is 18.3. The summed E-state index contributed by atoms with van der Waals surface area (Å²) in [6.07, 6.45) is 3.57. The number of nitrogens with zero attached hydrogens (tertiary/aromatic N) is 2. The largest absolute Gasteiger partial charge is 0.495 e. The number of carbonyl (C=O) groups is 1. The minimum absolute atomic E-state index is 0.0613. The number of hydrogen-bond donors (Lipinski definition) is 2. The Labute approximate surface area is 228 Å². The second-order valence-corrected chi connectivity index (χ2v) is 11.2. The van der Waals surface area contributed by atoms with Crippen molar-refractivity contribution in [2.24, 2.45) is 0 Å². The van der Waals surface area contributed by atoms with Gasteiger partial charge in [0.25, 0.3) is 10.0 Å². The maximum atomic E-state index is 15.3. The number of methoxy groups -OCH3 is 1. The molecule has 4 rings (SSSR count). The van der Waals surface area contributed by atoms with Crippen molar-refractivity contribution in [3.63, 3.8) is 0 Å². The highest BCUT2D eigenvalue weighted by Gasteiger charge is 2.25. The number of halogens is 4. The first-order chi connectivity index (χ1) is 17.6. The number of allylic oxidation sites excluding steroid dienone is 1. The van der Waals surface area contributed by atoms with Gasteiger partial charge in [-0.1, -0.05) is 40.9 Å². The van der Waals surface area contributed by atoms with Gasteiger partial charge >= 0.3 is 6.03 Å². The van der Waals surface area contributed by atoms with Crippen LogP contribution in [-0.4, -0.2) is 37.9 Å². The number of urea groups is 1. The third-order valence-corrected chi connectivity index (χ3v) is 8.01. The highest BCUT2D eigenvalue weighted by molar-refractivity contribution is 7.90. The maximum absolute atomic E-state index is 15.3. The molecule has 0 saturated heterocycles. The lowest BCUT2D eigenvalue weighted by atomic mass is 9.92. The zero-order valence-electron chi connectivity index (χ0n) is 19.5. The van der Waals surface area contributed by atoms with Crippen molar-refractivity contribution in [3.8, 4) is 5.75 Å². The fraction of sp³-hybridized carbons (Fsp3) is 0.250. The van der Waals surface area contributed by atoms with Crippen molar-refractivity contribution in [3.05, 3.63) is 80.3 Å². The number of hydrogen-bond acceptors (Lipinski definition) is 5. The summed E-state index contributed by atoms with van der Waals surface area (Å²) in [6.45, 7) is -0.203. The number of aryl methyl sites for hydroxylation is 1. The van der Waals surface area contributed by atoms with E-state index in [0.29, 0.717) is 40.7 Å². The van der Waals surface area contributed by atoms with Crippen LogP contribution >= 0.6 is 34.8 Å². The summed E-state index contributed by atoms with van der Waals surface area (Å²) in [4.78, 5) is 12.1. The van der Waals surface area contributed by atoms with Crippen molar-refractivity contribution < 1.29 is 22.3 Å². The first-order valence-electron chi connectivity index (χ1n) is 11.1. The molecule has 1 aliphatic carbocycles. The van der Waals surface area contributed by atoms with Crippen molar-refractivity contribution in [1.29, 1.82) is 0 Å². The van der Waals surface area contributed by atoms with Crippen LogP contribution < -0.4 is 14.8 Å². The van der Waals surface area contributed by atoms with E-state index in [0.717, 1.165) is 23.6 Å². The Kier molecular flexibility index (Phi) is 8.33. The molecule has 196 valence electrons. The number of aromatic nitrogens is 2. The number of amides is 2. The number of ether oxygens (including phenoxy) is 1. The van der Waals surface area contributed by atoms with Gasteiger partial charge in [0.05, 0.1) is 42.0 Å². The summed E-state index contributed by atoms with van der Waals surface area (Å²) in [6, 6.07) is 7.79. The molecule has 0 saturated carbocycles. The van der Waals surface area contributed by atoms with Gasteiger partial charge in [0.1, 0.15) is 11.6 Å². The van der Waals surface area contributed by atoms with Gasteiger partial charge in [-0.15, -0.1) is 0 Å². The zero-order valence-corrected chi connectivity index (χ0v) is 22.6. The summed E-state index contributed by atoms with van der Waals surface area (Å²) in [5.41, 5.74) is 2.67. The smallest absolute Gasteiger partial charge is 0.329 e. The Morgan fingerprint density at radius 2 is 1.92 bits per heavy atom. The van der Waals surface area contributed by atoms with Gasteiger partial charge in [-0.3, -0.25) is 4.68 Å². The van der Waals surface area contributed by atoms with Crippen LogP contribution in [0.25, 0.3) is 5.57 Å². The molecule has 0 radical (unpaired) electrons. The Morgan fingerprint density at radius 1 is 1.14 bits per heavy atom. The number of carbonyl (C=O) groups excluding carboxylic acids is 1. The molecule has 0 bridgehead atoms. The van der Waals surface area contributed by atoms with E-state index in [2.05, 4.69) is 10.4 Å². The molecular formula is C24H22Cl3FN4O4S. The van der Waals surface area contributed by atoms with Crippen molar-refractivity contribution in [1.82, 2.24) is 19.8 Å². The topological polar surface area (TPSA) is 102 Å². The van der Waals surface area contributed by atoms with Gasteiger partial charge in [0.2, 0.25) is 0 Å². The van der Waals surface area contributed by atoms with Crippen LogP contribution in [0.1, 0.15) is 29.7 Å². The van der Waals surface area contributed by atoms with E-state index in [-0.39, 0.29) is 15.7 Å². The second kappa shape index (κ2) is 11.3. The normalized spacial score (nSPS) is 14.6. The predicted molar refractivity (Wildman–Crippen MR) is 140 cm³/mol. The number of nitrogens with one attached hydrogen (secondary N) is 2. The monoisotopic (exact) mass is 586 g/mol. The highest BCUT2D eigenvalue weighted by Crippen LogP contribution is 2.34. The molecule has 0 fully saturated rings. The molecule has 1 aliphatic rings. The average molecular weight is 588 g/mol. The Hall–Kier alpha value is -2.79. The number of sulfonamides is 1. The number of fused-ring (bicyclic) bond motifs is 1. The Balaban J connectivity index is 1.49. The van der Waals surface area contributed by atoms with Gasteiger partial charge in [0, 0.05) is 15.6 Å². The van der Waals surface area contributed by atoms with Crippen LogP contribution in [0.3, 0.4) is 0 Å². The van der Waals surface area contributed by atoms with E-state index in [1.165, 1.54) is 19.2 Å². The minimum atomic E-state index is -4.24. The summed E-state index contributed by atoms with van der Waals surface area (Å²) in [7, 11) is -2.86. The second-order valence-electron chi connectivity index (χ2n) is 8.23. The lowest BCUT2D eigenvalue weighted by Crippen LogP contribution is -2.40. The first kappa shape index (κ1) is 27.3. The quantitative estimate of drug-likeness (QED) is 0.374. The van der Waals surface area contributed by atoms with Crippen LogP contribution in [0.2, 0.25) is 15.1 Å². The van der Waals surface area contributed by atoms with E-state index in [1.807, 2.05) is 4.72 Å². The molecule has 2 amide bonds. The van der Waals surface area contributed by atoms with Gasteiger partial charge in [-0.05, 0) is 60.7 Å². The minimum Gasteiger partial charge on any atom is -0.495 e. The third kappa shape index (κ3) is 6.20. The van der Waals surface area contributed by atoms with Crippen molar-refractivity contribution in [2.75, 3.05) is 13.7 Å². The number of benzene rings is 2. The van der Waals surface area contributed by atoms with Gasteiger partial charge in [-0.25, -0.2) is 22.3 Å². The van der Waals surface area contributed by atoms with Gasteiger partial charge < -0.3 is 10.1 Å². The Morgan fingerprint density at radius 3 is 2.62 bits per heavy atom. The lowest BCUT2D eigenvalue weighted by molar-refractivity contribution is 0.246. The maximum Gasteiger partial charge on any atom is 0.329 e. The highest BCUT2D eigenvalue weighted by atomic mass is 35.5. The van der Waals surface area contributed by atoms with E-state index < -0.39 is 28.4 Å². The molecule has 0 spiro atoms.